The lowest BCUT2D eigenvalue weighted by Crippen LogP contribution is -2.45. The number of carbonyl (C=O) groups is 3. The fraction of sp³-hybridized carbons (Fsp3) is 0.640. The van der Waals surface area contributed by atoms with E-state index in [1.54, 1.807) is 28.0 Å². The highest BCUT2D eigenvalue weighted by molar-refractivity contribution is 5.95. The first-order chi connectivity index (χ1) is 15.7. The molecule has 9 heteroatoms. The van der Waals surface area contributed by atoms with Gasteiger partial charge in [-0.2, -0.15) is 0 Å². The maximum atomic E-state index is 13.1. The first-order valence-corrected chi connectivity index (χ1v) is 11.5. The van der Waals surface area contributed by atoms with Crippen LogP contribution >= 0.6 is 0 Å². The fourth-order valence-corrected chi connectivity index (χ4v) is 3.61. The molecule has 0 atom stereocenters. The molecule has 0 aromatic heterocycles. The summed E-state index contributed by atoms with van der Waals surface area (Å²) in [6, 6.07) is 4.88. The van der Waals surface area contributed by atoms with E-state index in [4.69, 9.17) is 18.9 Å². The highest BCUT2D eigenvalue weighted by atomic mass is 16.6. The zero-order chi connectivity index (χ0) is 25.7. The SMILES string of the molecule is COC(=O)c1ccc(N(CC2CCN(C(=O)OC(C)(C)C)CC2)C(=O)OC(C)(C)C)cc1OC. The molecule has 2 amide bonds. The molecule has 1 aromatic carbocycles. The molecule has 0 unspecified atom stereocenters. The number of esters is 1. The first-order valence-electron chi connectivity index (χ1n) is 11.5. The molecule has 0 saturated carbocycles. The molecule has 1 fully saturated rings. The fourth-order valence-electron chi connectivity index (χ4n) is 3.61. The van der Waals surface area contributed by atoms with Crippen LogP contribution in [0.4, 0.5) is 15.3 Å². The molecule has 0 aliphatic carbocycles. The lowest BCUT2D eigenvalue weighted by Gasteiger charge is -2.36. The minimum absolute atomic E-state index is 0.150. The Morgan fingerprint density at radius 2 is 1.56 bits per heavy atom. The van der Waals surface area contributed by atoms with Gasteiger partial charge in [-0.15, -0.1) is 0 Å². The van der Waals surface area contributed by atoms with E-state index in [1.807, 2.05) is 41.5 Å². The van der Waals surface area contributed by atoms with Crippen molar-refractivity contribution in [1.82, 2.24) is 4.90 Å². The largest absolute Gasteiger partial charge is 0.496 e. The summed E-state index contributed by atoms with van der Waals surface area (Å²) in [4.78, 5) is 40.8. The lowest BCUT2D eigenvalue weighted by atomic mass is 9.96. The molecule has 9 nitrogen and oxygen atoms in total. The second-order valence-corrected chi connectivity index (χ2v) is 10.4. The number of anilines is 1. The van der Waals surface area contributed by atoms with E-state index in [-0.39, 0.29) is 17.6 Å². The second-order valence-electron chi connectivity index (χ2n) is 10.4. The van der Waals surface area contributed by atoms with Crippen LogP contribution in [0.5, 0.6) is 5.75 Å². The predicted octanol–water partition coefficient (Wildman–Crippen LogP) is 4.87. The van der Waals surface area contributed by atoms with Gasteiger partial charge in [0.05, 0.1) is 19.9 Å². The van der Waals surface area contributed by atoms with Gasteiger partial charge in [0.25, 0.3) is 0 Å². The second kappa shape index (κ2) is 11.0. The van der Waals surface area contributed by atoms with Crippen molar-refractivity contribution in [2.75, 3.05) is 38.8 Å². The first kappa shape index (κ1) is 27.3. The Morgan fingerprint density at radius 1 is 0.971 bits per heavy atom. The maximum absolute atomic E-state index is 13.1. The summed E-state index contributed by atoms with van der Waals surface area (Å²) < 4.78 is 21.3. The van der Waals surface area contributed by atoms with Crippen LogP contribution in [0.25, 0.3) is 0 Å². The monoisotopic (exact) mass is 478 g/mol. The van der Waals surface area contributed by atoms with E-state index >= 15 is 0 Å². The molecule has 1 heterocycles. The number of methoxy groups -OCH3 is 2. The number of amides is 2. The summed E-state index contributed by atoms with van der Waals surface area (Å²) in [6.07, 6.45) is 0.624. The molecule has 0 radical (unpaired) electrons. The van der Waals surface area contributed by atoms with Crippen LogP contribution in [0.3, 0.4) is 0 Å². The molecule has 0 spiro atoms. The number of carbonyl (C=O) groups excluding carboxylic acids is 3. The van der Waals surface area contributed by atoms with Gasteiger partial charge in [0.2, 0.25) is 0 Å². The molecule has 1 aromatic rings. The van der Waals surface area contributed by atoms with Gasteiger partial charge < -0.3 is 23.8 Å². The highest BCUT2D eigenvalue weighted by Gasteiger charge is 2.31. The summed E-state index contributed by atoms with van der Waals surface area (Å²) >= 11 is 0. The third-order valence-corrected chi connectivity index (χ3v) is 5.22. The van der Waals surface area contributed by atoms with Crippen molar-refractivity contribution in [2.24, 2.45) is 5.92 Å². The topological polar surface area (TPSA) is 94.6 Å². The number of hydrogen-bond donors (Lipinski definition) is 0. The van der Waals surface area contributed by atoms with Crippen molar-refractivity contribution < 1.29 is 33.3 Å². The Labute approximate surface area is 202 Å². The summed E-state index contributed by atoms with van der Waals surface area (Å²) in [7, 11) is 2.75. The number of nitrogens with zero attached hydrogens (tertiary/aromatic N) is 2. The Kier molecular flexibility index (Phi) is 8.80. The van der Waals surface area contributed by atoms with Crippen LogP contribution in [0.1, 0.15) is 64.7 Å². The van der Waals surface area contributed by atoms with Crippen molar-refractivity contribution in [3.8, 4) is 5.75 Å². The predicted molar refractivity (Wildman–Crippen MR) is 128 cm³/mol. The van der Waals surface area contributed by atoms with Crippen molar-refractivity contribution >= 4 is 23.8 Å². The van der Waals surface area contributed by atoms with E-state index < -0.39 is 23.3 Å². The van der Waals surface area contributed by atoms with Gasteiger partial charge in [0, 0.05) is 25.7 Å². The Morgan fingerprint density at radius 3 is 2.06 bits per heavy atom. The molecule has 1 aliphatic heterocycles. The van der Waals surface area contributed by atoms with Crippen molar-refractivity contribution in [2.45, 2.75) is 65.6 Å². The summed E-state index contributed by atoms with van der Waals surface area (Å²) in [5, 5.41) is 0. The van der Waals surface area contributed by atoms with E-state index in [9.17, 15) is 14.4 Å². The highest BCUT2D eigenvalue weighted by Crippen LogP contribution is 2.30. The summed E-state index contributed by atoms with van der Waals surface area (Å²) in [5.74, 6) is -0.0723. The minimum atomic E-state index is -0.675. The number of hydrogen-bond acceptors (Lipinski definition) is 7. The van der Waals surface area contributed by atoms with Crippen LogP contribution in [0, 0.1) is 5.92 Å². The van der Waals surface area contributed by atoms with Crippen LogP contribution in [0.15, 0.2) is 18.2 Å². The van der Waals surface area contributed by atoms with Crippen LogP contribution < -0.4 is 9.64 Å². The average molecular weight is 479 g/mol. The zero-order valence-corrected chi connectivity index (χ0v) is 21.6. The quantitative estimate of drug-likeness (QED) is 0.440. The van der Waals surface area contributed by atoms with Gasteiger partial charge in [-0.1, -0.05) is 0 Å². The molecule has 1 aliphatic rings. The van der Waals surface area contributed by atoms with Crippen molar-refractivity contribution in [3.05, 3.63) is 23.8 Å². The molecule has 1 saturated heterocycles. The third-order valence-electron chi connectivity index (χ3n) is 5.22. The molecule has 190 valence electrons. The zero-order valence-electron chi connectivity index (χ0n) is 21.6. The Bertz CT molecular complexity index is 878. The molecular weight excluding hydrogens is 440 g/mol. The number of likely N-dealkylation sites (tertiary alicyclic amines) is 1. The van der Waals surface area contributed by atoms with E-state index in [0.717, 1.165) is 12.8 Å². The molecule has 0 bridgehead atoms. The number of ether oxygens (including phenoxy) is 4. The van der Waals surface area contributed by atoms with Crippen LogP contribution in [-0.2, 0) is 14.2 Å². The van der Waals surface area contributed by atoms with Crippen molar-refractivity contribution in [1.29, 1.82) is 0 Å². The summed E-state index contributed by atoms with van der Waals surface area (Å²) in [6.45, 7) is 12.5. The normalized spacial score (nSPS) is 14.9. The molecule has 0 N–H and O–H groups in total. The smallest absolute Gasteiger partial charge is 0.414 e. The lowest BCUT2D eigenvalue weighted by molar-refractivity contribution is 0.0181. The van der Waals surface area contributed by atoms with Gasteiger partial charge in [-0.25, -0.2) is 14.4 Å². The van der Waals surface area contributed by atoms with Gasteiger partial charge >= 0.3 is 18.2 Å². The standard InChI is InChI=1S/C25H38N2O7/c1-24(2,3)33-22(29)26-13-11-17(12-14-26)16-27(23(30)34-25(4,5)6)18-9-10-19(21(28)32-8)20(15-18)31-7/h9-10,15,17H,11-14,16H2,1-8H3. The average Bonchev–Trinajstić information content (AvgIpc) is 2.74. The van der Waals surface area contributed by atoms with Gasteiger partial charge in [-0.05, 0) is 72.4 Å². The van der Waals surface area contributed by atoms with Gasteiger partial charge in [-0.3, -0.25) is 4.90 Å². The number of rotatable bonds is 5. The Hall–Kier alpha value is -2.97. The number of piperidine rings is 1. The van der Waals surface area contributed by atoms with E-state index in [2.05, 4.69) is 0 Å². The summed E-state index contributed by atoms with van der Waals surface area (Å²) in [5.41, 5.74) is -0.403. The maximum Gasteiger partial charge on any atom is 0.414 e. The molecule has 2 rings (SSSR count). The third kappa shape index (κ3) is 7.81. The van der Waals surface area contributed by atoms with Crippen LogP contribution in [-0.4, -0.2) is 68.1 Å². The number of benzene rings is 1. The van der Waals surface area contributed by atoms with Gasteiger partial charge in [0.15, 0.2) is 0 Å². The van der Waals surface area contributed by atoms with Gasteiger partial charge in [0.1, 0.15) is 22.5 Å². The molecule has 34 heavy (non-hydrogen) atoms. The van der Waals surface area contributed by atoms with E-state index in [1.165, 1.54) is 14.2 Å². The Balaban J connectivity index is 2.21. The van der Waals surface area contributed by atoms with Crippen LogP contribution in [0.2, 0.25) is 0 Å². The van der Waals surface area contributed by atoms with E-state index in [0.29, 0.717) is 31.1 Å². The minimum Gasteiger partial charge on any atom is -0.496 e. The van der Waals surface area contributed by atoms with Crippen molar-refractivity contribution in [3.63, 3.8) is 0 Å². The molecular formula is C25H38N2O7.